The summed E-state index contributed by atoms with van der Waals surface area (Å²) in [6, 6.07) is 0.192. The normalized spacial score (nSPS) is 17.6. The second-order valence-corrected chi connectivity index (χ2v) is 4.51. The molecule has 2 atom stereocenters. The minimum Gasteiger partial charge on any atom is -0.351 e. The van der Waals surface area contributed by atoms with Crippen LogP contribution in [0.15, 0.2) is 0 Å². The van der Waals surface area contributed by atoms with Crippen LogP contribution in [-0.2, 0) is 4.79 Å². The van der Waals surface area contributed by atoms with E-state index in [1.54, 1.807) is 18.7 Å². The van der Waals surface area contributed by atoms with Crippen LogP contribution in [0.2, 0.25) is 0 Å². The van der Waals surface area contributed by atoms with Crippen LogP contribution in [0.1, 0.15) is 27.2 Å². The van der Waals surface area contributed by atoms with Gasteiger partial charge in [0.25, 0.3) is 0 Å². The standard InChI is InChI=1S/C9H20N2OS/c1-5-9(3,10)8(12)11-7(2)6-13-4/h7H,5-6,10H2,1-4H3,(H,11,12). The molecule has 1 amide bonds. The van der Waals surface area contributed by atoms with Crippen molar-refractivity contribution >= 4 is 17.7 Å². The highest BCUT2D eigenvalue weighted by Crippen LogP contribution is 2.05. The second kappa shape index (κ2) is 5.50. The molecular weight excluding hydrogens is 184 g/mol. The number of hydrogen-bond donors (Lipinski definition) is 2. The molecule has 0 aromatic rings. The molecule has 0 aliphatic heterocycles. The maximum absolute atomic E-state index is 11.5. The van der Waals surface area contributed by atoms with E-state index in [-0.39, 0.29) is 11.9 Å². The molecule has 0 saturated carbocycles. The lowest BCUT2D eigenvalue weighted by Crippen LogP contribution is -2.53. The Hall–Kier alpha value is -0.220. The molecule has 0 aromatic heterocycles. The molecule has 0 aliphatic carbocycles. The van der Waals surface area contributed by atoms with Crippen molar-refractivity contribution in [3.63, 3.8) is 0 Å². The van der Waals surface area contributed by atoms with Crippen molar-refractivity contribution in [2.45, 2.75) is 38.8 Å². The van der Waals surface area contributed by atoms with Crippen LogP contribution in [0.5, 0.6) is 0 Å². The number of hydrogen-bond acceptors (Lipinski definition) is 3. The maximum Gasteiger partial charge on any atom is 0.240 e. The summed E-state index contributed by atoms with van der Waals surface area (Å²) in [5.41, 5.74) is 5.06. The number of rotatable bonds is 5. The van der Waals surface area contributed by atoms with E-state index in [0.29, 0.717) is 6.42 Å². The molecule has 4 heteroatoms. The topological polar surface area (TPSA) is 55.1 Å². The number of nitrogens with two attached hydrogens (primary N) is 1. The average Bonchev–Trinajstić information content (AvgIpc) is 2.04. The lowest BCUT2D eigenvalue weighted by atomic mass is 9.99. The number of nitrogens with one attached hydrogen (secondary N) is 1. The fourth-order valence-electron chi connectivity index (χ4n) is 0.841. The second-order valence-electron chi connectivity index (χ2n) is 3.60. The molecule has 0 aromatic carbocycles. The Kier molecular flexibility index (Phi) is 5.40. The molecule has 0 fully saturated rings. The van der Waals surface area contributed by atoms with Crippen molar-refractivity contribution < 1.29 is 4.79 Å². The fourth-order valence-corrected chi connectivity index (χ4v) is 1.42. The van der Waals surface area contributed by atoms with E-state index in [9.17, 15) is 4.79 Å². The van der Waals surface area contributed by atoms with E-state index >= 15 is 0 Å². The first-order valence-corrected chi connectivity index (χ1v) is 5.92. The zero-order valence-corrected chi connectivity index (χ0v) is 9.70. The van der Waals surface area contributed by atoms with E-state index < -0.39 is 5.54 Å². The van der Waals surface area contributed by atoms with Gasteiger partial charge in [-0.1, -0.05) is 6.92 Å². The monoisotopic (exact) mass is 204 g/mol. The van der Waals surface area contributed by atoms with Gasteiger partial charge in [0.15, 0.2) is 0 Å². The van der Waals surface area contributed by atoms with Gasteiger partial charge in [0.2, 0.25) is 5.91 Å². The van der Waals surface area contributed by atoms with Gasteiger partial charge >= 0.3 is 0 Å². The van der Waals surface area contributed by atoms with Crippen LogP contribution in [-0.4, -0.2) is 29.5 Å². The van der Waals surface area contributed by atoms with Gasteiger partial charge in [0, 0.05) is 11.8 Å². The van der Waals surface area contributed by atoms with E-state index in [1.807, 2.05) is 20.1 Å². The van der Waals surface area contributed by atoms with Crippen LogP contribution in [0.25, 0.3) is 0 Å². The third-order valence-corrected chi connectivity index (χ3v) is 2.88. The van der Waals surface area contributed by atoms with Crippen LogP contribution < -0.4 is 11.1 Å². The molecule has 0 bridgehead atoms. The molecule has 3 nitrogen and oxygen atoms in total. The minimum absolute atomic E-state index is 0.0587. The van der Waals surface area contributed by atoms with Gasteiger partial charge in [-0.15, -0.1) is 0 Å². The third-order valence-electron chi connectivity index (χ3n) is 2.05. The van der Waals surface area contributed by atoms with E-state index in [0.717, 1.165) is 5.75 Å². The first kappa shape index (κ1) is 12.8. The van der Waals surface area contributed by atoms with Crippen molar-refractivity contribution in [3.05, 3.63) is 0 Å². The first-order valence-electron chi connectivity index (χ1n) is 4.52. The zero-order valence-electron chi connectivity index (χ0n) is 8.89. The Morgan fingerprint density at radius 1 is 1.69 bits per heavy atom. The van der Waals surface area contributed by atoms with Crippen LogP contribution in [0, 0.1) is 0 Å². The molecule has 3 N–H and O–H groups in total. The molecule has 78 valence electrons. The highest BCUT2D eigenvalue weighted by molar-refractivity contribution is 7.98. The summed E-state index contributed by atoms with van der Waals surface area (Å²) in [5, 5.41) is 2.89. The molecule has 2 unspecified atom stereocenters. The molecule has 0 saturated heterocycles. The Bertz CT molecular complexity index is 171. The fraction of sp³-hybridized carbons (Fsp3) is 0.889. The summed E-state index contributed by atoms with van der Waals surface area (Å²) in [7, 11) is 0. The lowest BCUT2D eigenvalue weighted by molar-refractivity contribution is -0.126. The van der Waals surface area contributed by atoms with Crippen molar-refractivity contribution in [2.24, 2.45) is 5.73 Å². The van der Waals surface area contributed by atoms with Crippen LogP contribution >= 0.6 is 11.8 Å². The number of amides is 1. The third kappa shape index (κ3) is 4.52. The molecule has 13 heavy (non-hydrogen) atoms. The molecule has 0 heterocycles. The minimum atomic E-state index is -0.729. The van der Waals surface area contributed by atoms with Gasteiger partial charge in [0.05, 0.1) is 5.54 Å². The molecular formula is C9H20N2OS. The highest BCUT2D eigenvalue weighted by atomic mass is 32.2. The summed E-state index contributed by atoms with van der Waals surface area (Å²) in [4.78, 5) is 11.5. The highest BCUT2D eigenvalue weighted by Gasteiger charge is 2.26. The van der Waals surface area contributed by atoms with Gasteiger partial charge in [0.1, 0.15) is 0 Å². The van der Waals surface area contributed by atoms with Gasteiger partial charge in [-0.05, 0) is 26.5 Å². The Labute approximate surface area is 84.8 Å². The van der Waals surface area contributed by atoms with E-state index in [4.69, 9.17) is 5.73 Å². The predicted molar refractivity (Wildman–Crippen MR) is 58.9 cm³/mol. The van der Waals surface area contributed by atoms with Crippen molar-refractivity contribution in [3.8, 4) is 0 Å². The summed E-state index contributed by atoms with van der Waals surface area (Å²) in [6.45, 7) is 5.66. The van der Waals surface area contributed by atoms with E-state index in [1.165, 1.54) is 0 Å². The summed E-state index contributed by atoms with van der Waals surface area (Å²) in [6.07, 6.45) is 2.68. The van der Waals surface area contributed by atoms with E-state index in [2.05, 4.69) is 5.32 Å². The summed E-state index contributed by atoms with van der Waals surface area (Å²) < 4.78 is 0. The van der Waals surface area contributed by atoms with Gasteiger partial charge in [-0.3, -0.25) is 4.79 Å². The lowest BCUT2D eigenvalue weighted by Gasteiger charge is -2.24. The smallest absolute Gasteiger partial charge is 0.240 e. The summed E-state index contributed by atoms with van der Waals surface area (Å²) >= 11 is 1.71. The van der Waals surface area contributed by atoms with Gasteiger partial charge in [-0.2, -0.15) is 11.8 Å². The average molecular weight is 204 g/mol. The largest absolute Gasteiger partial charge is 0.351 e. The maximum atomic E-state index is 11.5. The van der Waals surface area contributed by atoms with Crippen molar-refractivity contribution in [1.29, 1.82) is 0 Å². The SMILES string of the molecule is CCC(C)(N)C(=O)NC(C)CSC. The molecule has 0 aliphatic rings. The van der Waals surface area contributed by atoms with Crippen LogP contribution in [0.4, 0.5) is 0 Å². The number of carbonyl (C=O) groups excluding carboxylic acids is 1. The molecule has 0 rings (SSSR count). The van der Waals surface area contributed by atoms with Gasteiger partial charge in [-0.25, -0.2) is 0 Å². The number of thioether (sulfide) groups is 1. The molecule has 0 radical (unpaired) electrons. The molecule has 0 spiro atoms. The quantitative estimate of drug-likeness (QED) is 0.702. The van der Waals surface area contributed by atoms with Gasteiger partial charge < -0.3 is 11.1 Å². The summed E-state index contributed by atoms with van der Waals surface area (Å²) in [5.74, 6) is 0.863. The Balaban J connectivity index is 3.99. The Morgan fingerprint density at radius 2 is 2.23 bits per heavy atom. The first-order chi connectivity index (χ1) is 5.94. The van der Waals surface area contributed by atoms with Crippen LogP contribution in [0.3, 0.4) is 0 Å². The Morgan fingerprint density at radius 3 is 2.62 bits per heavy atom. The zero-order chi connectivity index (χ0) is 10.5. The van der Waals surface area contributed by atoms with Crippen molar-refractivity contribution in [2.75, 3.05) is 12.0 Å². The van der Waals surface area contributed by atoms with Crippen molar-refractivity contribution in [1.82, 2.24) is 5.32 Å². The number of carbonyl (C=O) groups is 1. The predicted octanol–water partition coefficient (Wildman–Crippen LogP) is 0.981.